The Balaban J connectivity index is 0.00000131. The Bertz CT molecular complexity index is 850. The highest BCUT2D eigenvalue weighted by molar-refractivity contribution is 5.85. The van der Waals surface area contributed by atoms with E-state index in [0.717, 1.165) is 35.8 Å². The number of hydrogen-bond acceptors (Lipinski definition) is 6. The summed E-state index contributed by atoms with van der Waals surface area (Å²) in [6.45, 7) is 2.56. The first-order valence-electron chi connectivity index (χ1n) is 8.46. The molecule has 0 amide bonds. The summed E-state index contributed by atoms with van der Waals surface area (Å²) in [7, 11) is 0. The van der Waals surface area contributed by atoms with Gasteiger partial charge in [0.25, 0.3) is 0 Å². The molecule has 1 fully saturated rings. The molecule has 3 aromatic heterocycles. The van der Waals surface area contributed by atoms with Crippen molar-refractivity contribution < 1.29 is 4.74 Å². The first-order valence-corrected chi connectivity index (χ1v) is 8.46. The molecule has 3 aromatic rings. The highest BCUT2D eigenvalue weighted by atomic mass is 35.5. The van der Waals surface area contributed by atoms with Crippen molar-refractivity contribution in [3.8, 4) is 23.0 Å². The molecule has 0 unspecified atom stereocenters. The fourth-order valence-electron chi connectivity index (χ4n) is 3.10. The van der Waals surface area contributed by atoms with Gasteiger partial charge in [0, 0.05) is 18.2 Å². The van der Waals surface area contributed by atoms with Crippen LogP contribution in [0.2, 0.25) is 0 Å². The van der Waals surface area contributed by atoms with Crippen LogP contribution in [0.4, 0.5) is 0 Å². The Morgan fingerprint density at radius 2 is 1.96 bits per heavy atom. The number of rotatable bonds is 5. The van der Waals surface area contributed by atoms with Crippen LogP contribution in [0.3, 0.4) is 0 Å². The molecule has 4 rings (SSSR count). The fraction of sp³-hybridized carbons (Fsp3) is 0.333. The smallest absolute Gasteiger partial charge is 0.187 e. The van der Waals surface area contributed by atoms with E-state index >= 15 is 0 Å². The molecule has 0 spiro atoms. The summed E-state index contributed by atoms with van der Waals surface area (Å²) in [4.78, 5) is 8.72. The highest BCUT2D eigenvalue weighted by Crippen LogP contribution is 2.37. The highest BCUT2D eigenvalue weighted by Gasteiger charge is 2.33. The van der Waals surface area contributed by atoms with Gasteiger partial charge >= 0.3 is 0 Å². The molecular formula is C18H22Cl2N6O. The number of nitrogens with two attached hydrogens (primary N) is 1. The van der Waals surface area contributed by atoms with Gasteiger partial charge in [0.1, 0.15) is 17.3 Å². The van der Waals surface area contributed by atoms with E-state index in [2.05, 4.69) is 20.2 Å². The molecule has 0 aliphatic heterocycles. The van der Waals surface area contributed by atoms with Crippen LogP contribution in [-0.4, -0.2) is 37.4 Å². The quantitative estimate of drug-likeness (QED) is 0.696. The Morgan fingerprint density at radius 3 is 2.56 bits per heavy atom. The van der Waals surface area contributed by atoms with Crippen LogP contribution < -0.4 is 10.5 Å². The van der Waals surface area contributed by atoms with Gasteiger partial charge in [0.15, 0.2) is 5.82 Å². The van der Waals surface area contributed by atoms with Gasteiger partial charge in [-0.25, -0.2) is 4.98 Å². The van der Waals surface area contributed by atoms with Gasteiger partial charge in [-0.05, 0) is 44.0 Å². The fourth-order valence-corrected chi connectivity index (χ4v) is 3.10. The second-order valence-electron chi connectivity index (χ2n) is 6.17. The first-order chi connectivity index (χ1) is 12.3. The SMILES string of the molecule is CCOc1ccc(-c2nnc(C3CC(N)C3)n2-c2cccnc2)nc1.Cl.Cl. The minimum Gasteiger partial charge on any atom is -0.492 e. The van der Waals surface area contributed by atoms with Crippen molar-refractivity contribution in [3.05, 3.63) is 48.7 Å². The largest absolute Gasteiger partial charge is 0.492 e. The van der Waals surface area contributed by atoms with Crippen molar-refractivity contribution in [2.45, 2.75) is 31.7 Å². The Morgan fingerprint density at radius 1 is 1.15 bits per heavy atom. The van der Waals surface area contributed by atoms with Gasteiger partial charge in [-0.15, -0.1) is 35.0 Å². The van der Waals surface area contributed by atoms with Crippen LogP contribution in [0.5, 0.6) is 5.75 Å². The van der Waals surface area contributed by atoms with E-state index in [1.807, 2.05) is 42.0 Å². The first kappa shape index (κ1) is 21.1. The molecule has 0 radical (unpaired) electrons. The van der Waals surface area contributed by atoms with E-state index in [1.54, 1.807) is 12.4 Å². The lowest BCUT2D eigenvalue weighted by atomic mass is 9.80. The van der Waals surface area contributed by atoms with Gasteiger partial charge in [0.05, 0.1) is 24.7 Å². The van der Waals surface area contributed by atoms with Crippen molar-refractivity contribution in [1.82, 2.24) is 24.7 Å². The predicted molar refractivity (Wildman–Crippen MR) is 108 cm³/mol. The molecule has 0 aromatic carbocycles. The van der Waals surface area contributed by atoms with E-state index in [4.69, 9.17) is 10.5 Å². The van der Waals surface area contributed by atoms with E-state index < -0.39 is 0 Å². The molecule has 1 aliphatic rings. The summed E-state index contributed by atoms with van der Waals surface area (Å²) in [5.74, 6) is 2.68. The molecule has 9 heteroatoms. The molecule has 2 N–H and O–H groups in total. The molecule has 1 saturated carbocycles. The number of halogens is 2. The maximum absolute atomic E-state index is 5.96. The zero-order valence-electron chi connectivity index (χ0n) is 14.9. The summed E-state index contributed by atoms with van der Waals surface area (Å²) in [6, 6.07) is 7.94. The van der Waals surface area contributed by atoms with Gasteiger partial charge in [0.2, 0.25) is 0 Å². The average molecular weight is 409 g/mol. The van der Waals surface area contributed by atoms with Crippen LogP contribution in [-0.2, 0) is 0 Å². The van der Waals surface area contributed by atoms with Crippen LogP contribution in [0.1, 0.15) is 31.5 Å². The zero-order valence-corrected chi connectivity index (χ0v) is 16.5. The van der Waals surface area contributed by atoms with Crippen molar-refractivity contribution >= 4 is 24.8 Å². The molecular weight excluding hydrogens is 387 g/mol. The second kappa shape index (κ2) is 9.12. The Kier molecular flexibility index (Phi) is 7.12. The number of nitrogens with zero attached hydrogens (tertiary/aromatic N) is 5. The number of aromatic nitrogens is 5. The van der Waals surface area contributed by atoms with Gasteiger partial charge in [-0.1, -0.05) is 0 Å². The van der Waals surface area contributed by atoms with Gasteiger partial charge < -0.3 is 10.5 Å². The number of hydrogen-bond donors (Lipinski definition) is 1. The Labute approximate surface area is 170 Å². The third-order valence-corrected chi connectivity index (χ3v) is 4.41. The lowest BCUT2D eigenvalue weighted by Crippen LogP contribution is -2.36. The van der Waals surface area contributed by atoms with Crippen molar-refractivity contribution in [2.75, 3.05) is 6.61 Å². The van der Waals surface area contributed by atoms with Crippen LogP contribution in [0.15, 0.2) is 42.9 Å². The van der Waals surface area contributed by atoms with E-state index in [9.17, 15) is 0 Å². The monoisotopic (exact) mass is 408 g/mol. The van der Waals surface area contributed by atoms with E-state index in [0.29, 0.717) is 18.3 Å². The summed E-state index contributed by atoms with van der Waals surface area (Å²) in [5.41, 5.74) is 7.63. The normalized spacial score (nSPS) is 18.0. The maximum Gasteiger partial charge on any atom is 0.187 e. The summed E-state index contributed by atoms with van der Waals surface area (Å²) in [6.07, 6.45) is 7.12. The zero-order chi connectivity index (χ0) is 17.2. The van der Waals surface area contributed by atoms with Gasteiger partial charge in [-0.3, -0.25) is 9.55 Å². The lowest BCUT2D eigenvalue weighted by Gasteiger charge is -2.31. The minimum atomic E-state index is 0. The van der Waals surface area contributed by atoms with Crippen LogP contribution >= 0.6 is 24.8 Å². The summed E-state index contributed by atoms with van der Waals surface area (Å²) in [5, 5.41) is 8.85. The third-order valence-electron chi connectivity index (χ3n) is 4.41. The summed E-state index contributed by atoms with van der Waals surface area (Å²) < 4.78 is 7.50. The molecule has 7 nitrogen and oxygen atoms in total. The Hall–Kier alpha value is -2.22. The maximum atomic E-state index is 5.96. The molecule has 3 heterocycles. The van der Waals surface area contributed by atoms with Crippen molar-refractivity contribution in [2.24, 2.45) is 5.73 Å². The van der Waals surface area contributed by atoms with Crippen LogP contribution in [0.25, 0.3) is 17.2 Å². The average Bonchev–Trinajstić information content (AvgIpc) is 3.05. The molecule has 144 valence electrons. The molecule has 0 bridgehead atoms. The molecule has 27 heavy (non-hydrogen) atoms. The summed E-state index contributed by atoms with van der Waals surface area (Å²) >= 11 is 0. The van der Waals surface area contributed by atoms with Crippen LogP contribution in [0, 0.1) is 0 Å². The second-order valence-corrected chi connectivity index (χ2v) is 6.17. The molecule has 0 atom stereocenters. The lowest BCUT2D eigenvalue weighted by molar-refractivity contribution is 0.335. The van der Waals surface area contributed by atoms with E-state index in [-0.39, 0.29) is 30.9 Å². The van der Waals surface area contributed by atoms with Crippen molar-refractivity contribution in [1.29, 1.82) is 0 Å². The molecule has 0 saturated heterocycles. The van der Waals surface area contributed by atoms with E-state index in [1.165, 1.54) is 0 Å². The standard InChI is InChI=1S/C18H20N6O.2ClH/c1-2-25-15-5-6-16(21-11-15)18-23-22-17(12-8-13(19)9-12)24(18)14-4-3-7-20-10-14;;/h3-7,10-13H,2,8-9,19H2,1H3;2*1H. The topological polar surface area (TPSA) is 91.7 Å². The molecule has 1 aliphatic carbocycles. The third kappa shape index (κ3) is 4.21. The number of pyridine rings is 2. The minimum absolute atomic E-state index is 0. The predicted octanol–water partition coefficient (Wildman–Crippen LogP) is 3.17. The van der Waals surface area contributed by atoms with Gasteiger partial charge in [-0.2, -0.15) is 0 Å². The van der Waals surface area contributed by atoms with Crippen molar-refractivity contribution in [3.63, 3.8) is 0 Å². The number of ether oxygens (including phenoxy) is 1.